The third kappa shape index (κ3) is 5.74. The van der Waals surface area contributed by atoms with Gasteiger partial charge in [-0.25, -0.2) is 0 Å². The van der Waals surface area contributed by atoms with E-state index in [1.807, 2.05) is 24.3 Å². The fourth-order valence-corrected chi connectivity index (χ4v) is 1.58. The van der Waals surface area contributed by atoms with E-state index in [1.54, 1.807) is 0 Å². The zero-order valence-electron chi connectivity index (χ0n) is 12.0. The Morgan fingerprint density at radius 1 is 1.11 bits per heavy atom. The molecule has 0 fully saturated rings. The number of hydrogen-bond acceptors (Lipinski definition) is 2. The Labute approximate surface area is 116 Å². The van der Waals surface area contributed by atoms with Crippen molar-refractivity contribution in [2.45, 2.75) is 40.2 Å². The Kier molecular flexibility index (Phi) is 5.06. The van der Waals surface area contributed by atoms with Gasteiger partial charge >= 0.3 is 0 Å². The smallest absolute Gasteiger partial charge is 0.137 e. The summed E-state index contributed by atoms with van der Waals surface area (Å²) in [5.74, 6) is 0.753. The van der Waals surface area contributed by atoms with E-state index >= 15 is 0 Å². The molecule has 0 saturated carbocycles. The van der Waals surface area contributed by atoms with Crippen molar-refractivity contribution >= 4 is 11.6 Å². The molecule has 0 bridgehead atoms. The Hall–Kier alpha value is -0.730. The highest BCUT2D eigenvalue weighted by molar-refractivity contribution is 6.32. The summed E-state index contributed by atoms with van der Waals surface area (Å²) in [6.07, 6.45) is 0. The highest BCUT2D eigenvalue weighted by Gasteiger charge is 2.22. The van der Waals surface area contributed by atoms with E-state index in [2.05, 4.69) is 39.9 Å². The van der Waals surface area contributed by atoms with E-state index in [4.69, 9.17) is 16.3 Å². The summed E-state index contributed by atoms with van der Waals surface area (Å²) >= 11 is 6.06. The first-order chi connectivity index (χ1) is 8.20. The van der Waals surface area contributed by atoms with Gasteiger partial charge in [0.15, 0.2) is 0 Å². The molecular weight excluding hydrogens is 246 g/mol. The maximum Gasteiger partial charge on any atom is 0.137 e. The second-order valence-corrected chi connectivity index (χ2v) is 6.89. The molecule has 2 nitrogen and oxygen atoms in total. The van der Waals surface area contributed by atoms with E-state index in [9.17, 15) is 0 Å². The monoisotopic (exact) mass is 269 g/mol. The van der Waals surface area contributed by atoms with Gasteiger partial charge in [0.05, 0.1) is 11.6 Å². The lowest BCUT2D eigenvalue weighted by molar-refractivity contribution is 0.166. The van der Waals surface area contributed by atoms with Crippen LogP contribution in [0.15, 0.2) is 24.3 Å². The summed E-state index contributed by atoms with van der Waals surface area (Å²) in [6, 6.07) is 7.58. The Bertz CT molecular complexity index is 382. The van der Waals surface area contributed by atoms with Crippen LogP contribution in [-0.2, 0) is 0 Å². The van der Waals surface area contributed by atoms with Crippen LogP contribution in [0, 0.1) is 5.41 Å². The van der Waals surface area contributed by atoms with Crippen LogP contribution in [0.3, 0.4) is 0 Å². The van der Waals surface area contributed by atoms with Gasteiger partial charge in [0, 0.05) is 17.5 Å². The Morgan fingerprint density at radius 3 is 2.28 bits per heavy atom. The molecular formula is C15H24ClNO. The SMILES string of the molecule is CC(C)(CNC(C)(C)C)COc1ccccc1Cl. The first-order valence-electron chi connectivity index (χ1n) is 6.32. The number of halogens is 1. The highest BCUT2D eigenvalue weighted by Crippen LogP contribution is 2.25. The molecule has 1 aromatic rings. The zero-order valence-corrected chi connectivity index (χ0v) is 12.8. The lowest BCUT2D eigenvalue weighted by Gasteiger charge is -2.30. The molecule has 0 spiro atoms. The lowest BCUT2D eigenvalue weighted by atomic mass is 9.93. The lowest BCUT2D eigenvalue weighted by Crippen LogP contribution is -2.43. The van der Waals surface area contributed by atoms with Crippen molar-refractivity contribution in [2.75, 3.05) is 13.2 Å². The van der Waals surface area contributed by atoms with Crippen LogP contribution in [-0.4, -0.2) is 18.7 Å². The van der Waals surface area contributed by atoms with Crippen molar-refractivity contribution in [3.05, 3.63) is 29.3 Å². The summed E-state index contributed by atoms with van der Waals surface area (Å²) < 4.78 is 5.79. The standard InChI is InChI=1S/C15H24ClNO/c1-14(2,3)17-10-15(4,5)11-18-13-9-7-6-8-12(13)16/h6-9,17H,10-11H2,1-5H3. The maximum atomic E-state index is 6.06. The van der Waals surface area contributed by atoms with Crippen LogP contribution in [0.5, 0.6) is 5.75 Å². The summed E-state index contributed by atoms with van der Waals surface area (Å²) in [5.41, 5.74) is 0.189. The van der Waals surface area contributed by atoms with Crippen molar-refractivity contribution in [3.63, 3.8) is 0 Å². The van der Waals surface area contributed by atoms with Crippen LogP contribution in [0.4, 0.5) is 0 Å². The third-order valence-electron chi connectivity index (χ3n) is 2.55. The first-order valence-corrected chi connectivity index (χ1v) is 6.70. The van der Waals surface area contributed by atoms with Crippen LogP contribution in [0.2, 0.25) is 5.02 Å². The first kappa shape index (κ1) is 15.3. The predicted octanol–water partition coefficient (Wildman–Crippen LogP) is 4.13. The summed E-state index contributed by atoms with van der Waals surface area (Å²) in [4.78, 5) is 0. The molecule has 0 heterocycles. The zero-order chi connectivity index (χ0) is 13.8. The minimum absolute atomic E-state index is 0.0620. The number of nitrogens with one attached hydrogen (secondary N) is 1. The van der Waals surface area contributed by atoms with Crippen molar-refractivity contribution in [1.29, 1.82) is 0 Å². The molecule has 1 aromatic carbocycles. The van der Waals surface area contributed by atoms with Gasteiger partial charge < -0.3 is 10.1 Å². The summed E-state index contributed by atoms with van der Waals surface area (Å²) in [7, 11) is 0. The molecule has 0 atom stereocenters. The molecule has 0 radical (unpaired) electrons. The van der Waals surface area contributed by atoms with Gasteiger partial charge in [-0.1, -0.05) is 37.6 Å². The molecule has 0 saturated heterocycles. The van der Waals surface area contributed by atoms with Crippen LogP contribution in [0.1, 0.15) is 34.6 Å². The van der Waals surface area contributed by atoms with Gasteiger partial charge in [-0.2, -0.15) is 0 Å². The summed E-state index contributed by atoms with van der Waals surface area (Å²) in [5, 5.41) is 4.16. The summed E-state index contributed by atoms with van der Waals surface area (Å²) in [6.45, 7) is 12.4. The van der Waals surface area contributed by atoms with E-state index in [0.717, 1.165) is 12.3 Å². The van der Waals surface area contributed by atoms with Crippen molar-refractivity contribution in [2.24, 2.45) is 5.41 Å². The van der Waals surface area contributed by atoms with Gasteiger partial charge in [0.1, 0.15) is 5.75 Å². The topological polar surface area (TPSA) is 21.3 Å². The van der Waals surface area contributed by atoms with Crippen molar-refractivity contribution in [1.82, 2.24) is 5.32 Å². The van der Waals surface area contributed by atoms with Gasteiger partial charge in [0.25, 0.3) is 0 Å². The number of ether oxygens (including phenoxy) is 1. The van der Waals surface area contributed by atoms with Gasteiger partial charge in [-0.05, 0) is 32.9 Å². The Balaban J connectivity index is 2.49. The highest BCUT2D eigenvalue weighted by atomic mass is 35.5. The molecule has 0 amide bonds. The third-order valence-corrected chi connectivity index (χ3v) is 2.86. The van der Waals surface area contributed by atoms with Crippen molar-refractivity contribution in [3.8, 4) is 5.75 Å². The fourth-order valence-electron chi connectivity index (χ4n) is 1.39. The minimum atomic E-state index is 0.0620. The van der Waals surface area contributed by atoms with Crippen LogP contribution >= 0.6 is 11.6 Å². The van der Waals surface area contributed by atoms with Gasteiger partial charge in [-0.3, -0.25) is 0 Å². The van der Waals surface area contributed by atoms with Crippen molar-refractivity contribution < 1.29 is 4.74 Å². The van der Waals surface area contributed by atoms with Gasteiger partial charge in [0.2, 0.25) is 0 Å². The van der Waals surface area contributed by atoms with Crippen LogP contribution < -0.4 is 10.1 Å². The molecule has 1 rings (SSSR count). The number of benzene rings is 1. The quantitative estimate of drug-likeness (QED) is 0.868. The maximum absolute atomic E-state index is 6.06. The van der Waals surface area contributed by atoms with E-state index in [-0.39, 0.29) is 11.0 Å². The van der Waals surface area contributed by atoms with E-state index < -0.39 is 0 Å². The second kappa shape index (κ2) is 5.94. The molecule has 102 valence electrons. The molecule has 0 aromatic heterocycles. The fraction of sp³-hybridized carbons (Fsp3) is 0.600. The molecule has 3 heteroatoms. The van der Waals surface area contributed by atoms with E-state index in [1.165, 1.54) is 0 Å². The van der Waals surface area contributed by atoms with E-state index in [0.29, 0.717) is 11.6 Å². The minimum Gasteiger partial charge on any atom is -0.491 e. The molecule has 18 heavy (non-hydrogen) atoms. The number of hydrogen-bond donors (Lipinski definition) is 1. The molecule has 1 N–H and O–H groups in total. The molecule has 0 aliphatic rings. The number of para-hydroxylation sites is 1. The normalized spacial score (nSPS) is 12.6. The van der Waals surface area contributed by atoms with Gasteiger partial charge in [-0.15, -0.1) is 0 Å². The predicted molar refractivity (Wildman–Crippen MR) is 78.5 cm³/mol. The average molecular weight is 270 g/mol. The molecule has 0 aliphatic carbocycles. The largest absolute Gasteiger partial charge is 0.491 e. The second-order valence-electron chi connectivity index (χ2n) is 6.49. The number of rotatable bonds is 5. The Morgan fingerprint density at radius 2 is 1.72 bits per heavy atom. The van der Waals surface area contributed by atoms with Crippen LogP contribution in [0.25, 0.3) is 0 Å². The average Bonchev–Trinajstić information content (AvgIpc) is 2.25. The molecule has 0 aliphatic heterocycles. The molecule has 0 unspecified atom stereocenters.